The highest BCUT2D eigenvalue weighted by atomic mass is 35.5. The summed E-state index contributed by atoms with van der Waals surface area (Å²) < 4.78 is 5.70. The van der Waals surface area contributed by atoms with E-state index in [4.69, 9.17) is 16.0 Å². The van der Waals surface area contributed by atoms with Crippen molar-refractivity contribution in [2.75, 3.05) is 5.32 Å². The molecular formula is C21H15ClN2O2. The number of anilines is 1. The van der Waals surface area contributed by atoms with Crippen molar-refractivity contribution in [3.05, 3.63) is 83.2 Å². The Morgan fingerprint density at radius 3 is 2.73 bits per heavy atom. The van der Waals surface area contributed by atoms with Crippen LogP contribution in [0.1, 0.15) is 16.2 Å². The number of nitrogens with zero attached hydrogens (tertiary/aromatic N) is 1. The van der Waals surface area contributed by atoms with Crippen LogP contribution in [-0.4, -0.2) is 10.9 Å². The van der Waals surface area contributed by atoms with Gasteiger partial charge in [0, 0.05) is 21.7 Å². The molecule has 0 radical (unpaired) electrons. The lowest BCUT2D eigenvalue weighted by molar-refractivity contribution is 0.0997. The molecule has 0 saturated heterocycles. The number of hydrogen-bond acceptors (Lipinski definition) is 3. The third kappa shape index (κ3) is 3.19. The van der Waals surface area contributed by atoms with E-state index < -0.39 is 0 Å². The zero-order valence-electron chi connectivity index (χ0n) is 14.0. The summed E-state index contributed by atoms with van der Waals surface area (Å²) in [4.78, 5) is 17.1. The van der Waals surface area contributed by atoms with Crippen LogP contribution in [-0.2, 0) is 0 Å². The minimum absolute atomic E-state index is 0.227. The number of fused-ring (bicyclic) bond motifs is 1. The zero-order chi connectivity index (χ0) is 18.1. The minimum atomic E-state index is -0.325. The third-order valence-electron chi connectivity index (χ3n) is 4.05. The number of pyridine rings is 1. The molecule has 0 bridgehead atoms. The lowest BCUT2D eigenvalue weighted by Crippen LogP contribution is -2.11. The number of furan rings is 1. The van der Waals surface area contributed by atoms with E-state index in [1.807, 2.05) is 49.4 Å². The van der Waals surface area contributed by atoms with E-state index in [9.17, 15) is 4.79 Å². The third-order valence-corrected chi connectivity index (χ3v) is 4.28. The van der Waals surface area contributed by atoms with E-state index in [0.717, 1.165) is 22.2 Å². The fraction of sp³-hybridized carbons (Fsp3) is 0.0476. The Balaban J connectivity index is 1.63. The second-order valence-electron chi connectivity index (χ2n) is 5.96. The Labute approximate surface area is 155 Å². The number of halogens is 1. The normalized spacial score (nSPS) is 10.8. The molecule has 128 valence electrons. The molecule has 0 aliphatic heterocycles. The molecule has 0 spiro atoms. The molecule has 1 amide bonds. The van der Waals surface area contributed by atoms with Crippen molar-refractivity contribution in [3.8, 4) is 11.3 Å². The van der Waals surface area contributed by atoms with Gasteiger partial charge >= 0.3 is 0 Å². The molecule has 0 saturated carbocycles. The number of rotatable bonds is 3. The van der Waals surface area contributed by atoms with Gasteiger partial charge in [-0.3, -0.25) is 9.78 Å². The molecule has 4 rings (SSSR count). The van der Waals surface area contributed by atoms with Crippen molar-refractivity contribution in [2.24, 2.45) is 0 Å². The molecule has 2 heterocycles. The van der Waals surface area contributed by atoms with Gasteiger partial charge in [-0.1, -0.05) is 41.9 Å². The lowest BCUT2D eigenvalue weighted by atomic mass is 10.1. The second kappa shape index (κ2) is 6.65. The summed E-state index contributed by atoms with van der Waals surface area (Å²) in [5.41, 5.74) is 3.11. The molecule has 4 aromatic rings. The smallest absolute Gasteiger partial charge is 0.291 e. The number of para-hydroxylation sites is 1. The molecule has 0 aliphatic rings. The summed E-state index contributed by atoms with van der Waals surface area (Å²) in [6, 6.07) is 20.3. The van der Waals surface area contributed by atoms with Gasteiger partial charge < -0.3 is 9.73 Å². The van der Waals surface area contributed by atoms with Gasteiger partial charge in [-0.15, -0.1) is 0 Å². The lowest BCUT2D eigenvalue weighted by Gasteiger charge is -2.07. The first-order chi connectivity index (χ1) is 12.6. The van der Waals surface area contributed by atoms with Crippen LogP contribution >= 0.6 is 11.6 Å². The van der Waals surface area contributed by atoms with Crippen LogP contribution in [0, 0.1) is 6.92 Å². The van der Waals surface area contributed by atoms with E-state index in [1.165, 1.54) is 0 Å². The first kappa shape index (κ1) is 16.4. The Kier molecular flexibility index (Phi) is 4.19. The first-order valence-electron chi connectivity index (χ1n) is 8.14. The van der Waals surface area contributed by atoms with Gasteiger partial charge in [0.25, 0.3) is 5.91 Å². The molecular weight excluding hydrogens is 348 g/mol. The Morgan fingerprint density at radius 1 is 1.04 bits per heavy atom. The van der Waals surface area contributed by atoms with Crippen molar-refractivity contribution in [3.63, 3.8) is 0 Å². The van der Waals surface area contributed by atoms with Gasteiger partial charge in [0.2, 0.25) is 0 Å². The van der Waals surface area contributed by atoms with E-state index in [1.54, 1.807) is 24.3 Å². The van der Waals surface area contributed by atoms with Gasteiger partial charge in [-0.2, -0.15) is 0 Å². The maximum atomic E-state index is 12.6. The fourth-order valence-electron chi connectivity index (χ4n) is 2.79. The predicted molar refractivity (Wildman–Crippen MR) is 104 cm³/mol. The first-order valence-corrected chi connectivity index (χ1v) is 8.51. The van der Waals surface area contributed by atoms with Gasteiger partial charge in [0.05, 0.1) is 11.2 Å². The van der Waals surface area contributed by atoms with Crippen molar-refractivity contribution in [1.29, 1.82) is 0 Å². The minimum Gasteiger partial charge on any atom is -0.451 e. The van der Waals surface area contributed by atoms with Gasteiger partial charge in [-0.25, -0.2) is 0 Å². The highest BCUT2D eigenvalue weighted by molar-refractivity contribution is 6.30. The van der Waals surface area contributed by atoms with E-state index in [-0.39, 0.29) is 11.7 Å². The number of aryl methyl sites for hydroxylation is 1. The quantitative estimate of drug-likeness (QED) is 0.508. The molecule has 0 fully saturated rings. The number of carbonyl (C=O) groups is 1. The van der Waals surface area contributed by atoms with Crippen LogP contribution in [0.25, 0.3) is 22.2 Å². The molecule has 0 unspecified atom stereocenters. The van der Waals surface area contributed by atoms with Crippen molar-refractivity contribution < 1.29 is 9.21 Å². The summed E-state index contributed by atoms with van der Waals surface area (Å²) >= 11 is 6.01. The predicted octanol–water partition coefficient (Wildman–Crippen LogP) is 5.71. The van der Waals surface area contributed by atoms with Gasteiger partial charge in [0.15, 0.2) is 5.76 Å². The van der Waals surface area contributed by atoms with Crippen molar-refractivity contribution >= 4 is 34.1 Å². The molecule has 0 aliphatic carbocycles. The second-order valence-corrected chi connectivity index (χ2v) is 6.39. The number of amides is 1. The summed E-state index contributed by atoms with van der Waals surface area (Å²) in [5.74, 6) is 0.489. The molecule has 2 aromatic carbocycles. The van der Waals surface area contributed by atoms with Crippen LogP contribution in [0.15, 0.2) is 71.1 Å². The molecule has 0 atom stereocenters. The van der Waals surface area contributed by atoms with E-state index >= 15 is 0 Å². The Morgan fingerprint density at radius 2 is 1.88 bits per heavy atom. The van der Waals surface area contributed by atoms with Crippen LogP contribution < -0.4 is 5.32 Å². The average Bonchev–Trinajstić information content (AvgIpc) is 3.12. The number of benzene rings is 2. The number of aromatic nitrogens is 1. The fourth-order valence-corrected chi connectivity index (χ4v) is 2.98. The zero-order valence-corrected chi connectivity index (χ0v) is 14.7. The highest BCUT2D eigenvalue weighted by Gasteiger charge is 2.14. The summed E-state index contributed by atoms with van der Waals surface area (Å²) in [6.07, 6.45) is 0. The van der Waals surface area contributed by atoms with Crippen LogP contribution in [0.4, 0.5) is 5.69 Å². The number of nitrogens with one attached hydrogen (secondary N) is 1. The summed E-state index contributed by atoms with van der Waals surface area (Å²) in [7, 11) is 0. The molecule has 1 N–H and O–H groups in total. The van der Waals surface area contributed by atoms with Crippen molar-refractivity contribution in [2.45, 2.75) is 6.92 Å². The topological polar surface area (TPSA) is 55.1 Å². The summed E-state index contributed by atoms with van der Waals surface area (Å²) in [5, 5.41) is 4.46. The monoisotopic (exact) mass is 362 g/mol. The van der Waals surface area contributed by atoms with Gasteiger partial charge in [-0.05, 0) is 43.3 Å². The van der Waals surface area contributed by atoms with E-state index in [0.29, 0.717) is 16.5 Å². The maximum Gasteiger partial charge on any atom is 0.291 e. The van der Waals surface area contributed by atoms with E-state index in [2.05, 4.69) is 10.3 Å². The van der Waals surface area contributed by atoms with Gasteiger partial charge in [0.1, 0.15) is 5.76 Å². The highest BCUT2D eigenvalue weighted by Crippen LogP contribution is 2.26. The number of hydrogen-bond donors (Lipinski definition) is 1. The molecule has 5 heteroatoms. The standard InChI is InChI=1S/C21H15ClN2O2/c1-13-8-9-14-4-3-7-17(20(14)23-13)24-21(25)19-11-10-18(26-19)15-5-2-6-16(22)12-15/h2-12H,1H3,(H,24,25). The number of carbonyl (C=O) groups excluding carboxylic acids is 1. The Bertz CT molecular complexity index is 1120. The SMILES string of the molecule is Cc1ccc2cccc(NC(=O)c3ccc(-c4cccc(Cl)c4)o3)c2n1. The molecule has 26 heavy (non-hydrogen) atoms. The largest absolute Gasteiger partial charge is 0.451 e. The van der Waals surface area contributed by atoms with Crippen LogP contribution in [0.2, 0.25) is 5.02 Å². The molecule has 4 nitrogen and oxygen atoms in total. The van der Waals surface area contributed by atoms with Crippen molar-refractivity contribution in [1.82, 2.24) is 4.98 Å². The van der Waals surface area contributed by atoms with Crippen LogP contribution in [0.3, 0.4) is 0 Å². The molecule has 2 aromatic heterocycles. The Hall–Kier alpha value is -3.11. The maximum absolute atomic E-state index is 12.6. The van der Waals surface area contributed by atoms with Crippen LogP contribution in [0.5, 0.6) is 0 Å². The summed E-state index contributed by atoms with van der Waals surface area (Å²) in [6.45, 7) is 1.92. The average molecular weight is 363 g/mol.